The molecule has 2 rings (SSSR count). The molecular weight excluding hydrogens is 222 g/mol. The van der Waals surface area contributed by atoms with Crippen LogP contribution in [0.3, 0.4) is 0 Å². The van der Waals surface area contributed by atoms with Crippen LogP contribution in [0.2, 0.25) is 0 Å². The van der Waals surface area contributed by atoms with Crippen molar-refractivity contribution in [1.29, 1.82) is 0 Å². The lowest BCUT2D eigenvalue weighted by Gasteiger charge is -2.20. The minimum atomic E-state index is 0.0469. The highest BCUT2D eigenvalue weighted by molar-refractivity contribution is 5.37. The predicted molar refractivity (Wildman–Crippen MR) is 74.9 cm³/mol. The quantitative estimate of drug-likeness (QED) is 0.881. The van der Waals surface area contributed by atoms with Crippen molar-refractivity contribution in [2.24, 2.45) is 5.73 Å². The molecule has 0 aliphatic rings. The number of aromatic nitrogens is 2. The molecule has 0 unspecified atom stereocenters. The Kier molecular flexibility index (Phi) is 3.26. The van der Waals surface area contributed by atoms with Crippen molar-refractivity contribution < 1.29 is 0 Å². The second kappa shape index (κ2) is 4.58. The normalized spacial score (nSPS) is 11.8. The summed E-state index contributed by atoms with van der Waals surface area (Å²) < 4.78 is 2.00. The predicted octanol–water partition coefficient (Wildman–Crippen LogP) is 2.94. The second-order valence-corrected chi connectivity index (χ2v) is 5.72. The van der Waals surface area contributed by atoms with E-state index >= 15 is 0 Å². The molecule has 0 fully saturated rings. The van der Waals surface area contributed by atoms with E-state index in [1.165, 1.54) is 11.3 Å². The molecule has 0 atom stereocenters. The maximum Gasteiger partial charge on any atom is 0.0767 e. The van der Waals surface area contributed by atoms with Crippen molar-refractivity contribution >= 4 is 0 Å². The lowest BCUT2D eigenvalue weighted by atomic mass is 9.91. The van der Waals surface area contributed by atoms with E-state index in [2.05, 4.69) is 63.1 Å². The van der Waals surface area contributed by atoms with Crippen LogP contribution in [0.15, 0.2) is 30.3 Å². The molecule has 3 nitrogen and oxygen atoms in total. The summed E-state index contributed by atoms with van der Waals surface area (Å²) in [6.07, 6.45) is 0. The van der Waals surface area contributed by atoms with Gasteiger partial charge in [-0.1, -0.05) is 38.5 Å². The topological polar surface area (TPSA) is 43.8 Å². The lowest BCUT2D eigenvalue weighted by molar-refractivity contribution is 0.543. The molecule has 1 aromatic carbocycles. The highest BCUT2D eigenvalue weighted by atomic mass is 15.3. The summed E-state index contributed by atoms with van der Waals surface area (Å²) in [7, 11) is 0. The number of aryl methyl sites for hydroxylation is 1. The average molecular weight is 243 g/mol. The highest BCUT2D eigenvalue weighted by Gasteiger charge is 2.21. The van der Waals surface area contributed by atoms with Crippen LogP contribution >= 0.6 is 0 Å². The van der Waals surface area contributed by atoms with E-state index in [1.54, 1.807) is 0 Å². The van der Waals surface area contributed by atoms with Gasteiger partial charge in [-0.3, -0.25) is 0 Å². The molecule has 0 radical (unpaired) electrons. The molecule has 0 bridgehead atoms. The van der Waals surface area contributed by atoms with Gasteiger partial charge in [0.05, 0.1) is 11.4 Å². The van der Waals surface area contributed by atoms with Gasteiger partial charge in [0.2, 0.25) is 0 Å². The molecule has 2 aromatic rings. The van der Waals surface area contributed by atoms with Gasteiger partial charge in [-0.15, -0.1) is 0 Å². The smallest absolute Gasteiger partial charge is 0.0767 e. The first kappa shape index (κ1) is 12.8. The zero-order valence-corrected chi connectivity index (χ0v) is 11.6. The van der Waals surface area contributed by atoms with E-state index < -0.39 is 0 Å². The Balaban J connectivity index is 2.55. The Hall–Kier alpha value is -1.61. The average Bonchev–Trinajstić information content (AvgIpc) is 2.74. The first-order valence-corrected chi connectivity index (χ1v) is 6.28. The Morgan fingerprint density at radius 2 is 1.78 bits per heavy atom. The van der Waals surface area contributed by atoms with Crippen molar-refractivity contribution in [2.75, 3.05) is 0 Å². The van der Waals surface area contributed by atoms with Gasteiger partial charge < -0.3 is 5.73 Å². The molecule has 96 valence electrons. The van der Waals surface area contributed by atoms with E-state index in [9.17, 15) is 0 Å². The summed E-state index contributed by atoms with van der Waals surface area (Å²) in [5, 5.41) is 4.59. The number of rotatable bonds is 2. The minimum Gasteiger partial charge on any atom is -0.325 e. The van der Waals surface area contributed by atoms with E-state index in [4.69, 9.17) is 5.73 Å². The molecule has 0 saturated heterocycles. The third-order valence-electron chi connectivity index (χ3n) is 3.02. The Bertz CT molecular complexity index is 530. The maximum absolute atomic E-state index is 5.70. The molecule has 18 heavy (non-hydrogen) atoms. The Labute approximate surface area is 109 Å². The van der Waals surface area contributed by atoms with Gasteiger partial charge in [-0.2, -0.15) is 5.10 Å². The molecule has 3 heteroatoms. The third-order valence-corrected chi connectivity index (χ3v) is 3.02. The summed E-state index contributed by atoms with van der Waals surface area (Å²) in [5.41, 5.74) is 10.2. The van der Waals surface area contributed by atoms with E-state index in [0.717, 1.165) is 11.4 Å². The molecule has 0 aliphatic heterocycles. The molecule has 1 heterocycles. The van der Waals surface area contributed by atoms with Crippen molar-refractivity contribution in [3.05, 3.63) is 47.3 Å². The van der Waals surface area contributed by atoms with Crippen molar-refractivity contribution in [2.45, 2.75) is 39.7 Å². The fourth-order valence-corrected chi connectivity index (χ4v) is 1.95. The van der Waals surface area contributed by atoms with Crippen LogP contribution in [0.4, 0.5) is 0 Å². The van der Waals surface area contributed by atoms with Crippen LogP contribution in [0, 0.1) is 6.92 Å². The Morgan fingerprint density at radius 1 is 1.17 bits per heavy atom. The van der Waals surface area contributed by atoms with Crippen molar-refractivity contribution in [3.8, 4) is 5.69 Å². The summed E-state index contributed by atoms with van der Waals surface area (Å²) in [6, 6.07) is 10.5. The number of hydrogen-bond donors (Lipinski definition) is 1. The lowest BCUT2D eigenvalue weighted by Crippen LogP contribution is -2.17. The summed E-state index contributed by atoms with van der Waals surface area (Å²) >= 11 is 0. The van der Waals surface area contributed by atoms with Crippen molar-refractivity contribution in [3.63, 3.8) is 0 Å². The number of nitrogens with zero attached hydrogens (tertiary/aromatic N) is 2. The monoisotopic (exact) mass is 243 g/mol. The van der Waals surface area contributed by atoms with Gasteiger partial charge in [0.25, 0.3) is 0 Å². The minimum absolute atomic E-state index is 0.0469. The van der Waals surface area contributed by atoms with Crippen LogP contribution in [-0.2, 0) is 12.0 Å². The van der Waals surface area contributed by atoms with E-state index in [-0.39, 0.29) is 5.41 Å². The fraction of sp³-hybridized carbons (Fsp3) is 0.400. The fourth-order valence-electron chi connectivity index (χ4n) is 1.95. The molecule has 0 saturated carbocycles. The van der Waals surface area contributed by atoms with E-state index in [1.807, 2.05) is 4.68 Å². The van der Waals surface area contributed by atoms with Gasteiger partial charge in [-0.05, 0) is 25.1 Å². The van der Waals surface area contributed by atoms with Gasteiger partial charge in [0.15, 0.2) is 0 Å². The molecule has 0 aliphatic carbocycles. The summed E-state index contributed by atoms with van der Waals surface area (Å²) in [6.45, 7) is 9.13. The van der Waals surface area contributed by atoms with Crippen LogP contribution in [0.5, 0.6) is 0 Å². The van der Waals surface area contributed by atoms with Crippen LogP contribution in [-0.4, -0.2) is 9.78 Å². The molecular formula is C15H21N3. The van der Waals surface area contributed by atoms with Gasteiger partial charge in [0.1, 0.15) is 0 Å². The van der Waals surface area contributed by atoms with Gasteiger partial charge in [-0.25, -0.2) is 4.68 Å². The molecule has 0 spiro atoms. The van der Waals surface area contributed by atoms with Crippen LogP contribution in [0.1, 0.15) is 37.7 Å². The second-order valence-electron chi connectivity index (χ2n) is 5.72. The SMILES string of the molecule is Cc1ccc(-n2nc(CN)cc2C(C)(C)C)cc1. The van der Waals surface area contributed by atoms with Crippen LogP contribution < -0.4 is 5.73 Å². The zero-order valence-electron chi connectivity index (χ0n) is 11.6. The Morgan fingerprint density at radius 3 is 2.28 bits per heavy atom. The van der Waals surface area contributed by atoms with Crippen LogP contribution in [0.25, 0.3) is 5.69 Å². The molecule has 1 aromatic heterocycles. The summed E-state index contributed by atoms with van der Waals surface area (Å²) in [4.78, 5) is 0. The number of hydrogen-bond acceptors (Lipinski definition) is 2. The van der Waals surface area contributed by atoms with Crippen molar-refractivity contribution in [1.82, 2.24) is 9.78 Å². The van der Waals surface area contributed by atoms with E-state index in [0.29, 0.717) is 6.54 Å². The number of benzene rings is 1. The third kappa shape index (κ3) is 2.46. The molecule has 0 amide bonds. The maximum atomic E-state index is 5.70. The van der Waals surface area contributed by atoms with Gasteiger partial charge >= 0.3 is 0 Å². The molecule has 2 N–H and O–H groups in total. The largest absolute Gasteiger partial charge is 0.325 e. The standard InChI is InChI=1S/C15H21N3/c1-11-5-7-13(8-6-11)18-14(15(2,3)4)9-12(10-16)17-18/h5-9H,10,16H2,1-4H3. The zero-order chi connectivity index (χ0) is 13.3. The highest BCUT2D eigenvalue weighted by Crippen LogP contribution is 2.25. The van der Waals surface area contributed by atoms with Gasteiger partial charge in [0, 0.05) is 17.7 Å². The number of nitrogens with two attached hydrogens (primary N) is 1. The summed E-state index contributed by atoms with van der Waals surface area (Å²) in [5.74, 6) is 0. The first-order chi connectivity index (χ1) is 8.41. The first-order valence-electron chi connectivity index (χ1n) is 6.28.